The molecule has 0 bridgehead atoms. The van der Waals surface area contributed by atoms with E-state index in [0.717, 1.165) is 18.2 Å². The van der Waals surface area contributed by atoms with Gasteiger partial charge < -0.3 is 24.0 Å². The average molecular weight is 588 g/mol. The van der Waals surface area contributed by atoms with Gasteiger partial charge in [0, 0.05) is 23.6 Å². The molecule has 0 atom stereocenters. The first kappa shape index (κ1) is 27.5. The number of nitrogens with zero attached hydrogens (tertiary/aromatic N) is 1. The second-order valence-corrected chi connectivity index (χ2v) is 12.1. The highest BCUT2D eigenvalue weighted by Gasteiger charge is 2.15. The number of unbranched alkanes of at least 4 members (excludes halogenated alkanes) is 2. The fourth-order valence-electron chi connectivity index (χ4n) is 5.18. The molecular weight excluding hydrogens is 545 g/mol. The predicted molar refractivity (Wildman–Crippen MR) is 144 cm³/mol. The third-order valence-electron chi connectivity index (χ3n) is 7.29. The van der Waals surface area contributed by atoms with Gasteiger partial charge in [-0.15, -0.1) is 11.8 Å². The van der Waals surface area contributed by atoms with Gasteiger partial charge in [0.15, 0.2) is 6.20 Å². The number of hydrogen-bond donors (Lipinski definition) is 0. The predicted octanol–water partition coefficient (Wildman–Crippen LogP) is 5.86. The SMILES string of the molecule is CC(C)(C)c1ccc(CSc2cc3ccccc3[n+](CCCCCC3CCCCC3)c2)cc1.[I-]. The van der Waals surface area contributed by atoms with E-state index >= 15 is 0 Å². The van der Waals surface area contributed by atoms with Gasteiger partial charge in [0.05, 0.1) is 4.90 Å². The highest BCUT2D eigenvalue weighted by atomic mass is 127. The molecule has 1 heterocycles. The molecule has 34 heavy (non-hydrogen) atoms. The molecule has 4 rings (SSSR count). The molecular formula is C31H42INS. The van der Waals surface area contributed by atoms with E-state index in [-0.39, 0.29) is 29.4 Å². The summed E-state index contributed by atoms with van der Waals surface area (Å²) in [5.74, 6) is 2.04. The Bertz CT molecular complexity index is 1020. The van der Waals surface area contributed by atoms with Crippen molar-refractivity contribution in [2.24, 2.45) is 5.92 Å². The molecule has 3 aromatic rings. The number of aromatic nitrogens is 1. The Hall–Kier alpha value is -1.07. The summed E-state index contributed by atoms with van der Waals surface area (Å²) in [6, 6.07) is 20.4. The van der Waals surface area contributed by atoms with Crippen LogP contribution in [0.25, 0.3) is 10.9 Å². The number of para-hydroxylation sites is 1. The first-order valence-electron chi connectivity index (χ1n) is 13.1. The fourth-order valence-corrected chi connectivity index (χ4v) is 6.12. The van der Waals surface area contributed by atoms with Crippen molar-refractivity contribution in [2.45, 2.75) is 101 Å². The van der Waals surface area contributed by atoms with E-state index in [4.69, 9.17) is 0 Å². The minimum Gasteiger partial charge on any atom is -1.00 e. The summed E-state index contributed by atoms with van der Waals surface area (Å²) in [5.41, 5.74) is 4.38. The highest BCUT2D eigenvalue weighted by molar-refractivity contribution is 7.98. The monoisotopic (exact) mass is 587 g/mol. The van der Waals surface area contributed by atoms with Crippen LogP contribution in [0, 0.1) is 5.92 Å². The molecule has 1 fully saturated rings. The molecule has 184 valence electrons. The normalized spacial score (nSPS) is 14.8. The van der Waals surface area contributed by atoms with Gasteiger partial charge in [0.25, 0.3) is 0 Å². The fraction of sp³-hybridized carbons (Fsp3) is 0.516. The van der Waals surface area contributed by atoms with Gasteiger partial charge in [0.2, 0.25) is 5.52 Å². The Balaban J connectivity index is 0.00000324. The lowest BCUT2D eigenvalue weighted by molar-refractivity contribution is -0.673. The van der Waals surface area contributed by atoms with Crippen LogP contribution in [-0.2, 0) is 17.7 Å². The van der Waals surface area contributed by atoms with Crippen molar-refractivity contribution in [3.05, 3.63) is 71.9 Å². The summed E-state index contributed by atoms with van der Waals surface area (Å²) < 4.78 is 2.50. The van der Waals surface area contributed by atoms with Crippen LogP contribution in [0.2, 0.25) is 0 Å². The van der Waals surface area contributed by atoms with Crippen LogP contribution in [0.1, 0.15) is 89.7 Å². The molecule has 1 nitrogen and oxygen atoms in total. The van der Waals surface area contributed by atoms with Gasteiger partial charge in [-0.05, 0) is 41.0 Å². The number of halogens is 1. The van der Waals surface area contributed by atoms with E-state index in [1.54, 1.807) is 0 Å². The van der Waals surface area contributed by atoms with Crippen molar-refractivity contribution >= 4 is 22.7 Å². The Labute approximate surface area is 229 Å². The largest absolute Gasteiger partial charge is 1.00 e. The Morgan fingerprint density at radius 2 is 1.62 bits per heavy atom. The van der Waals surface area contributed by atoms with Crippen LogP contribution in [0.4, 0.5) is 0 Å². The molecule has 0 N–H and O–H groups in total. The first-order chi connectivity index (χ1) is 16.0. The summed E-state index contributed by atoms with van der Waals surface area (Å²) in [5, 5.41) is 1.35. The lowest BCUT2D eigenvalue weighted by Crippen LogP contribution is -3.00. The zero-order valence-electron chi connectivity index (χ0n) is 21.4. The molecule has 0 saturated heterocycles. The van der Waals surface area contributed by atoms with Crippen LogP contribution in [0.5, 0.6) is 0 Å². The van der Waals surface area contributed by atoms with Gasteiger partial charge in [-0.2, -0.15) is 4.57 Å². The number of benzene rings is 2. The van der Waals surface area contributed by atoms with Crippen molar-refractivity contribution < 1.29 is 28.5 Å². The van der Waals surface area contributed by atoms with Crippen LogP contribution in [0.3, 0.4) is 0 Å². The van der Waals surface area contributed by atoms with Crippen LogP contribution >= 0.6 is 11.8 Å². The zero-order chi connectivity index (χ0) is 23.1. The second kappa shape index (κ2) is 13.3. The van der Waals surface area contributed by atoms with Crippen LogP contribution in [0.15, 0.2) is 65.7 Å². The van der Waals surface area contributed by atoms with E-state index in [0.29, 0.717) is 0 Å². The third-order valence-corrected chi connectivity index (χ3v) is 8.32. The van der Waals surface area contributed by atoms with Crippen LogP contribution < -0.4 is 28.5 Å². The summed E-state index contributed by atoms with van der Waals surface area (Å²) in [6.45, 7) is 7.96. The number of thioether (sulfide) groups is 1. The minimum absolute atomic E-state index is 0. The molecule has 2 aromatic carbocycles. The second-order valence-electron chi connectivity index (χ2n) is 11.0. The van der Waals surface area contributed by atoms with Gasteiger partial charge in [-0.3, -0.25) is 0 Å². The molecule has 1 aliphatic carbocycles. The van der Waals surface area contributed by atoms with Crippen molar-refractivity contribution in [1.29, 1.82) is 0 Å². The summed E-state index contributed by atoms with van der Waals surface area (Å²) in [6.07, 6.45) is 15.3. The van der Waals surface area contributed by atoms with E-state index in [1.165, 1.54) is 84.7 Å². The molecule has 0 amide bonds. The molecule has 0 radical (unpaired) electrons. The summed E-state index contributed by atoms with van der Waals surface area (Å²) >= 11 is 1.96. The molecule has 1 aromatic heterocycles. The standard InChI is InChI=1S/C31H42NS.HI/c1-31(2,3)28-19-17-26(18-20-28)24-33-29-22-27-15-9-10-16-30(27)32(23-29)21-11-5-8-14-25-12-6-4-7-13-25;/h9-10,15-20,22-23,25H,4-8,11-14,21,24H2,1-3H3;1H/q+1;/p-1. The summed E-state index contributed by atoms with van der Waals surface area (Å²) in [4.78, 5) is 1.37. The topological polar surface area (TPSA) is 3.88 Å². The smallest absolute Gasteiger partial charge is 0.212 e. The van der Waals surface area contributed by atoms with Crippen molar-refractivity contribution in [2.75, 3.05) is 0 Å². The van der Waals surface area contributed by atoms with Crippen molar-refractivity contribution in [3.8, 4) is 0 Å². The number of hydrogen-bond acceptors (Lipinski definition) is 1. The van der Waals surface area contributed by atoms with E-state index in [2.05, 4.69) is 86.1 Å². The quantitative estimate of drug-likeness (QED) is 0.131. The van der Waals surface area contributed by atoms with Crippen LogP contribution in [-0.4, -0.2) is 0 Å². The van der Waals surface area contributed by atoms with Crippen molar-refractivity contribution in [1.82, 2.24) is 0 Å². The maximum absolute atomic E-state index is 2.50. The average Bonchev–Trinajstić information content (AvgIpc) is 2.83. The zero-order valence-corrected chi connectivity index (χ0v) is 24.3. The molecule has 0 spiro atoms. The first-order valence-corrected chi connectivity index (χ1v) is 14.1. The van der Waals surface area contributed by atoms with Gasteiger partial charge in [0.1, 0.15) is 6.54 Å². The number of rotatable bonds is 9. The number of pyridine rings is 1. The molecule has 1 aliphatic rings. The summed E-state index contributed by atoms with van der Waals surface area (Å²) in [7, 11) is 0. The lowest BCUT2D eigenvalue weighted by Gasteiger charge is -2.21. The van der Waals surface area contributed by atoms with Crippen molar-refractivity contribution in [3.63, 3.8) is 0 Å². The van der Waals surface area contributed by atoms with Gasteiger partial charge in [-0.25, -0.2) is 0 Å². The molecule has 0 aliphatic heterocycles. The maximum Gasteiger partial charge on any atom is 0.212 e. The number of fused-ring (bicyclic) bond motifs is 1. The molecule has 3 heteroatoms. The molecule has 1 saturated carbocycles. The Morgan fingerprint density at radius 1 is 0.882 bits per heavy atom. The maximum atomic E-state index is 2.50. The third kappa shape index (κ3) is 7.98. The lowest BCUT2D eigenvalue weighted by atomic mass is 9.85. The van der Waals surface area contributed by atoms with Gasteiger partial charge in [-0.1, -0.05) is 102 Å². The highest BCUT2D eigenvalue weighted by Crippen LogP contribution is 2.29. The van der Waals surface area contributed by atoms with E-state index < -0.39 is 0 Å². The van der Waals surface area contributed by atoms with E-state index in [9.17, 15) is 0 Å². The minimum atomic E-state index is 0. The molecule has 0 unspecified atom stereocenters. The van der Waals surface area contributed by atoms with E-state index in [1.807, 2.05) is 11.8 Å². The van der Waals surface area contributed by atoms with Gasteiger partial charge >= 0.3 is 0 Å². The Kier molecular flexibility index (Phi) is 10.8. The Morgan fingerprint density at radius 3 is 2.35 bits per heavy atom. The number of aryl methyl sites for hydroxylation is 1.